The van der Waals surface area contributed by atoms with Crippen LogP contribution in [-0.4, -0.2) is 15.9 Å². The van der Waals surface area contributed by atoms with Crippen molar-refractivity contribution in [3.05, 3.63) is 0 Å². The number of aliphatic hydroxyl groups is 1. The molecular weight excluding hydrogens is 194 g/mol. The van der Waals surface area contributed by atoms with Crippen LogP contribution in [0.5, 0.6) is 0 Å². The zero-order valence-electron chi connectivity index (χ0n) is 9.16. The average molecular weight is 215 g/mol. The summed E-state index contributed by atoms with van der Waals surface area (Å²) in [5.74, 6) is 1.71. The molecule has 0 aliphatic rings. The van der Waals surface area contributed by atoms with E-state index in [1.165, 1.54) is 25.7 Å². The van der Waals surface area contributed by atoms with E-state index in [4.69, 9.17) is 5.26 Å². The largest absolute Gasteiger partial charge is 0.358 e. The maximum absolute atomic E-state index is 9.30. The molecule has 0 aromatic rings. The van der Waals surface area contributed by atoms with Gasteiger partial charge in [0.2, 0.25) is 0 Å². The molecule has 0 aromatic heterocycles. The first-order valence-corrected chi connectivity index (χ1v) is 6.41. The van der Waals surface area contributed by atoms with Gasteiger partial charge < -0.3 is 5.11 Å². The van der Waals surface area contributed by atoms with Gasteiger partial charge in [0.1, 0.15) is 0 Å². The van der Waals surface area contributed by atoms with E-state index in [1.807, 2.05) is 6.07 Å². The lowest BCUT2D eigenvalue weighted by Gasteiger charge is -2.11. The SMILES string of the molecule is CCCCC(CC)C[SH]=C(O)CC#N. The smallest absolute Gasteiger partial charge is 0.0866 e. The van der Waals surface area contributed by atoms with Gasteiger partial charge in [0.05, 0.1) is 17.5 Å². The number of unbranched alkanes of at least 4 members (excludes halogenated alkanes) is 1. The maximum Gasteiger partial charge on any atom is 0.0866 e. The van der Waals surface area contributed by atoms with E-state index in [9.17, 15) is 5.11 Å². The Balaban J connectivity index is 3.82. The van der Waals surface area contributed by atoms with E-state index < -0.39 is 0 Å². The number of nitrogens with zero attached hydrogens (tertiary/aromatic N) is 1. The van der Waals surface area contributed by atoms with E-state index in [0.29, 0.717) is 11.0 Å². The van der Waals surface area contributed by atoms with E-state index in [1.54, 1.807) is 0 Å². The lowest BCUT2D eigenvalue weighted by Crippen LogP contribution is -2.03. The number of thiol groups is 1. The second-order valence-corrected chi connectivity index (χ2v) is 4.71. The highest BCUT2D eigenvalue weighted by molar-refractivity contribution is 7.98. The Morgan fingerprint density at radius 1 is 1.50 bits per heavy atom. The quantitative estimate of drug-likeness (QED) is 0.505. The molecule has 0 saturated carbocycles. The monoisotopic (exact) mass is 215 g/mol. The van der Waals surface area contributed by atoms with Crippen molar-refractivity contribution in [3.8, 4) is 6.07 Å². The van der Waals surface area contributed by atoms with Crippen LogP contribution < -0.4 is 0 Å². The Hall–Kier alpha value is -0.330. The maximum atomic E-state index is 9.30. The molecule has 1 atom stereocenters. The van der Waals surface area contributed by atoms with Gasteiger partial charge in [-0.05, 0) is 18.1 Å². The first kappa shape index (κ1) is 13.7. The van der Waals surface area contributed by atoms with Gasteiger partial charge in [-0.25, -0.2) is 0 Å². The number of nitriles is 1. The van der Waals surface area contributed by atoms with E-state index >= 15 is 0 Å². The van der Waals surface area contributed by atoms with Crippen LogP contribution in [0.2, 0.25) is 0 Å². The molecule has 1 N–H and O–H groups in total. The summed E-state index contributed by atoms with van der Waals surface area (Å²) in [4.78, 5) is 0. The highest BCUT2D eigenvalue weighted by atomic mass is 32.1. The molecule has 0 aliphatic carbocycles. The summed E-state index contributed by atoms with van der Waals surface area (Å²) in [7, 11) is 0. The molecule has 0 heterocycles. The zero-order valence-corrected chi connectivity index (χ0v) is 10.1. The van der Waals surface area contributed by atoms with Crippen molar-refractivity contribution in [1.29, 1.82) is 5.26 Å². The summed E-state index contributed by atoms with van der Waals surface area (Å²) in [6.45, 7) is 4.39. The van der Waals surface area contributed by atoms with Crippen LogP contribution in [-0.2, 0) is 0 Å². The van der Waals surface area contributed by atoms with Crippen LogP contribution in [0.4, 0.5) is 0 Å². The van der Waals surface area contributed by atoms with Crippen molar-refractivity contribution in [1.82, 2.24) is 0 Å². The second-order valence-electron chi connectivity index (χ2n) is 3.51. The normalized spacial score (nSPS) is 14.3. The zero-order chi connectivity index (χ0) is 10.8. The van der Waals surface area contributed by atoms with Gasteiger partial charge in [-0.15, -0.1) is 0 Å². The molecule has 0 saturated heterocycles. The fourth-order valence-electron chi connectivity index (χ4n) is 1.28. The first-order chi connectivity index (χ1) is 6.74. The molecule has 0 fully saturated rings. The molecule has 0 aliphatic heterocycles. The lowest BCUT2D eigenvalue weighted by molar-refractivity contribution is 0.499. The van der Waals surface area contributed by atoms with Crippen LogP contribution in [0.1, 0.15) is 46.0 Å². The van der Waals surface area contributed by atoms with Crippen LogP contribution in [0.25, 0.3) is 0 Å². The number of hydrogen-bond donors (Lipinski definition) is 2. The Kier molecular flexibility index (Phi) is 9.02. The van der Waals surface area contributed by atoms with Crippen molar-refractivity contribution >= 4 is 16.4 Å². The highest BCUT2D eigenvalue weighted by Crippen LogP contribution is 2.15. The fraction of sp³-hybridized carbons (Fsp3) is 0.818. The van der Waals surface area contributed by atoms with Crippen molar-refractivity contribution in [2.24, 2.45) is 5.92 Å². The van der Waals surface area contributed by atoms with Gasteiger partial charge in [-0.1, -0.05) is 33.1 Å². The van der Waals surface area contributed by atoms with Crippen LogP contribution in [0.3, 0.4) is 0 Å². The molecule has 0 bridgehead atoms. The Morgan fingerprint density at radius 3 is 2.71 bits per heavy atom. The van der Waals surface area contributed by atoms with Gasteiger partial charge in [0.15, 0.2) is 0 Å². The third kappa shape index (κ3) is 7.11. The van der Waals surface area contributed by atoms with Gasteiger partial charge in [-0.2, -0.15) is 16.6 Å². The molecule has 0 radical (unpaired) electrons. The van der Waals surface area contributed by atoms with Gasteiger partial charge in [0.25, 0.3) is 0 Å². The summed E-state index contributed by atoms with van der Waals surface area (Å²) in [5.41, 5.74) is 0. The van der Waals surface area contributed by atoms with E-state index in [0.717, 1.165) is 17.1 Å². The van der Waals surface area contributed by atoms with Crippen molar-refractivity contribution in [2.45, 2.75) is 46.0 Å². The van der Waals surface area contributed by atoms with E-state index in [2.05, 4.69) is 13.8 Å². The summed E-state index contributed by atoms with van der Waals surface area (Å²) in [6.07, 6.45) is 5.12. The van der Waals surface area contributed by atoms with Crippen LogP contribution in [0.15, 0.2) is 0 Å². The molecule has 0 spiro atoms. The Bertz CT molecular complexity index is 208. The molecule has 1 unspecified atom stereocenters. The average Bonchev–Trinajstić information content (AvgIpc) is 2.19. The Labute approximate surface area is 90.9 Å². The minimum absolute atomic E-state index is 0.186. The van der Waals surface area contributed by atoms with Crippen molar-refractivity contribution < 1.29 is 5.11 Å². The van der Waals surface area contributed by atoms with Crippen LogP contribution >= 0.6 is 11.4 Å². The molecule has 2 nitrogen and oxygen atoms in total. The van der Waals surface area contributed by atoms with Gasteiger partial charge in [0, 0.05) is 0 Å². The molecule has 0 rings (SSSR count). The fourth-order valence-corrected chi connectivity index (χ4v) is 2.37. The number of rotatable bonds is 7. The molecule has 3 heteroatoms. The molecule has 0 amide bonds. The predicted octanol–water partition coefficient (Wildman–Crippen LogP) is 3.27. The molecule has 14 heavy (non-hydrogen) atoms. The molecular formula is C11H21NOS. The first-order valence-electron chi connectivity index (χ1n) is 5.33. The standard InChI is InChI=1S/C11H21NOS/c1-3-5-6-10(4-2)9-14-11(13)7-8-12/h10,13-14H,3-7,9H2,1-2H3. The second kappa shape index (κ2) is 9.23. The minimum Gasteiger partial charge on any atom is -0.358 e. The van der Waals surface area contributed by atoms with Crippen LogP contribution in [0, 0.1) is 17.2 Å². The van der Waals surface area contributed by atoms with Gasteiger partial charge >= 0.3 is 0 Å². The van der Waals surface area contributed by atoms with Crippen molar-refractivity contribution in [2.75, 3.05) is 5.75 Å². The Morgan fingerprint density at radius 2 is 2.21 bits per heavy atom. The lowest BCUT2D eigenvalue weighted by atomic mass is 10.0. The molecule has 0 aromatic carbocycles. The molecule has 82 valence electrons. The summed E-state index contributed by atoms with van der Waals surface area (Å²) >= 11 is 0.947. The summed E-state index contributed by atoms with van der Waals surface area (Å²) in [6, 6.07) is 1.96. The van der Waals surface area contributed by atoms with Gasteiger partial charge in [-0.3, -0.25) is 0 Å². The third-order valence-electron chi connectivity index (χ3n) is 2.31. The number of hydrogen-bond acceptors (Lipinski definition) is 1. The highest BCUT2D eigenvalue weighted by Gasteiger charge is 2.03. The predicted molar refractivity (Wildman–Crippen MR) is 65.0 cm³/mol. The minimum atomic E-state index is 0.186. The summed E-state index contributed by atoms with van der Waals surface area (Å²) in [5, 5.41) is 18.0. The number of aliphatic hydroxyl groups excluding tert-OH is 1. The van der Waals surface area contributed by atoms with Crippen molar-refractivity contribution in [3.63, 3.8) is 0 Å². The summed E-state index contributed by atoms with van der Waals surface area (Å²) < 4.78 is 0. The topological polar surface area (TPSA) is 44.0 Å². The van der Waals surface area contributed by atoms with E-state index in [-0.39, 0.29) is 6.42 Å². The third-order valence-corrected chi connectivity index (χ3v) is 3.53.